The molecule has 0 fully saturated rings. The molecular formula is C26H22N4O5. The second-order valence-corrected chi connectivity index (χ2v) is 7.38. The molecule has 0 aliphatic heterocycles. The lowest BCUT2D eigenvalue weighted by molar-refractivity contribution is 0.146. The number of urea groups is 1. The third-order valence-corrected chi connectivity index (χ3v) is 4.93. The molecule has 0 radical (unpaired) electrons. The van der Waals surface area contributed by atoms with Gasteiger partial charge in [-0.1, -0.05) is 0 Å². The maximum atomic E-state index is 12.2. The molecule has 3 N–H and O–H groups in total. The Balaban J connectivity index is 1.46. The second kappa shape index (κ2) is 10.9. The quantitative estimate of drug-likeness (QED) is 0.236. The molecule has 4 rings (SSSR count). The molecule has 0 aliphatic carbocycles. The van der Waals surface area contributed by atoms with Crippen molar-refractivity contribution >= 4 is 28.3 Å². The van der Waals surface area contributed by atoms with Crippen LogP contribution in [0.1, 0.15) is 5.56 Å². The number of carbonyl (C=O) groups is 1. The summed E-state index contributed by atoms with van der Waals surface area (Å²) in [5.74, 6) is 1.62. The number of rotatable bonds is 8. The van der Waals surface area contributed by atoms with Crippen LogP contribution in [0.5, 0.6) is 23.0 Å². The van der Waals surface area contributed by atoms with Crippen LogP contribution < -0.4 is 20.1 Å². The third kappa shape index (κ3) is 5.96. The van der Waals surface area contributed by atoms with Crippen LogP contribution in [0.3, 0.4) is 0 Å². The fourth-order valence-corrected chi connectivity index (χ4v) is 3.25. The van der Waals surface area contributed by atoms with E-state index in [1.807, 2.05) is 0 Å². The van der Waals surface area contributed by atoms with Gasteiger partial charge < -0.3 is 30.0 Å². The summed E-state index contributed by atoms with van der Waals surface area (Å²) >= 11 is 0. The number of benzene rings is 3. The van der Waals surface area contributed by atoms with E-state index in [2.05, 4.69) is 21.7 Å². The normalized spacial score (nSPS) is 10.4. The van der Waals surface area contributed by atoms with Crippen LogP contribution in [0.2, 0.25) is 0 Å². The van der Waals surface area contributed by atoms with E-state index in [0.717, 1.165) is 0 Å². The molecule has 0 aliphatic rings. The minimum Gasteiger partial charge on any atom is -0.508 e. The maximum Gasteiger partial charge on any atom is 0.323 e. The highest BCUT2D eigenvalue weighted by atomic mass is 16.5. The van der Waals surface area contributed by atoms with Crippen molar-refractivity contribution in [2.75, 3.05) is 31.0 Å². The van der Waals surface area contributed by atoms with Crippen LogP contribution in [-0.4, -0.2) is 36.4 Å². The van der Waals surface area contributed by atoms with Gasteiger partial charge in [0.2, 0.25) is 0 Å². The molecule has 0 bridgehead atoms. The number of pyridine rings is 1. The number of aromatic nitrogens is 1. The number of amides is 2. The summed E-state index contributed by atoms with van der Waals surface area (Å²) in [5.41, 5.74) is 2.11. The van der Waals surface area contributed by atoms with Gasteiger partial charge in [0, 0.05) is 36.1 Å². The van der Waals surface area contributed by atoms with Crippen molar-refractivity contribution in [2.45, 2.75) is 0 Å². The van der Waals surface area contributed by atoms with Crippen LogP contribution in [0.15, 0.2) is 72.9 Å². The molecule has 4 aromatic rings. The van der Waals surface area contributed by atoms with Gasteiger partial charge >= 0.3 is 6.03 Å². The standard InChI is InChI=1S/C26H22N4O5/c1-33-12-13-34-25-15-23-22(14-17(25)16-27)24(10-11-28-23)35-21-8-4-19(5-9-21)30-26(32)29-18-2-6-20(31)7-3-18/h2-11,14-15,31H,12-13H2,1H3,(H2,29,30,32). The van der Waals surface area contributed by atoms with Gasteiger partial charge in [-0.2, -0.15) is 5.26 Å². The first kappa shape index (κ1) is 23.4. The molecule has 9 nitrogen and oxygen atoms in total. The van der Waals surface area contributed by atoms with E-state index >= 15 is 0 Å². The zero-order valence-electron chi connectivity index (χ0n) is 18.8. The van der Waals surface area contributed by atoms with E-state index in [0.29, 0.717) is 58.3 Å². The van der Waals surface area contributed by atoms with Gasteiger partial charge in [0.1, 0.15) is 35.7 Å². The molecule has 3 aromatic carbocycles. The summed E-state index contributed by atoms with van der Waals surface area (Å²) in [5, 5.41) is 25.0. The average molecular weight is 470 g/mol. The molecule has 0 unspecified atom stereocenters. The Bertz CT molecular complexity index is 1370. The number of phenolic OH excluding ortho intramolecular Hbond substituents is 1. The number of nitrogens with one attached hydrogen (secondary N) is 2. The molecule has 35 heavy (non-hydrogen) atoms. The van der Waals surface area contributed by atoms with Gasteiger partial charge in [-0.15, -0.1) is 0 Å². The topological polar surface area (TPSA) is 126 Å². The summed E-state index contributed by atoms with van der Waals surface area (Å²) in [7, 11) is 1.58. The van der Waals surface area contributed by atoms with E-state index < -0.39 is 6.03 Å². The van der Waals surface area contributed by atoms with Gasteiger partial charge in [0.15, 0.2) is 0 Å². The van der Waals surface area contributed by atoms with E-state index in [4.69, 9.17) is 14.2 Å². The number of aromatic hydroxyl groups is 1. The minimum absolute atomic E-state index is 0.119. The SMILES string of the molecule is COCCOc1cc2nccc(Oc3ccc(NC(=O)Nc4ccc(O)cc4)cc3)c2cc1C#N. The number of hydrogen-bond acceptors (Lipinski definition) is 7. The molecule has 0 atom stereocenters. The molecule has 0 saturated carbocycles. The fraction of sp³-hybridized carbons (Fsp3) is 0.115. The average Bonchev–Trinajstić information content (AvgIpc) is 2.86. The Kier molecular flexibility index (Phi) is 7.25. The Morgan fingerprint density at radius 3 is 2.31 bits per heavy atom. The van der Waals surface area contributed by atoms with Crippen LogP contribution >= 0.6 is 0 Å². The Morgan fingerprint density at radius 2 is 1.66 bits per heavy atom. The lowest BCUT2D eigenvalue weighted by Gasteiger charge is -2.12. The van der Waals surface area contributed by atoms with Gasteiger partial charge in [0.05, 0.1) is 17.7 Å². The number of nitriles is 1. The summed E-state index contributed by atoms with van der Waals surface area (Å²) < 4.78 is 16.7. The predicted molar refractivity (Wildman–Crippen MR) is 131 cm³/mol. The van der Waals surface area contributed by atoms with Gasteiger partial charge in [-0.05, 0) is 60.7 Å². The fourth-order valence-electron chi connectivity index (χ4n) is 3.25. The van der Waals surface area contributed by atoms with Crippen LogP contribution in [0.4, 0.5) is 16.2 Å². The first-order chi connectivity index (χ1) is 17.1. The monoisotopic (exact) mass is 470 g/mol. The molecule has 0 saturated heterocycles. The van der Waals surface area contributed by atoms with Gasteiger partial charge in [0.25, 0.3) is 0 Å². The number of fused-ring (bicyclic) bond motifs is 1. The van der Waals surface area contributed by atoms with Crippen LogP contribution in [-0.2, 0) is 4.74 Å². The number of methoxy groups -OCH3 is 1. The Labute approximate surface area is 201 Å². The summed E-state index contributed by atoms with van der Waals surface area (Å²) in [6.45, 7) is 0.725. The van der Waals surface area contributed by atoms with Crippen LogP contribution in [0.25, 0.3) is 10.9 Å². The van der Waals surface area contributed by atoms with Crippen molar-refractivity contribution in [1.82, 2.24) is 4.98 Å². The number of carbonyl (C=O) groups excluding carboxylic acids is 1. The highest BCUT2D eigenvalue weighted by Gasteiger charge is 2.12. The first-order valence-corrected chi connectivity index (χ1v) is 10.7. The highest BCUT2D eigenvalue weighted by Crippen LogP contribution is 2.33. The largest absolute Gasteiger partial charge is 0.508 e. The molecule has 2 amide bonds. The van der Waals surface area contributed by atoms with E-state index in [9.17, 15) is 15.2 Å². The summed E-state index contributed by atoms with van der Waals surface area (Å²) in [4.78, 5) is 16.6. The Hall–Kier alpha value is -4.81. The summed E-state index contributed by atoms with van der Waals surface area (Å²) in [6.07, 6.45) is 1.62. The van der Waals surface area contributed by atoms with Crippen molar-refractivity contribution < 1.29 is 24.1 Å². The second-order valence-electron chi connectivity index (χ2n) is 7.38. The predicted octanol–water partition coefficient (Wildman–Crippen LogP) is 5.27. The van der Waals surface area contributed by atoms with Crippen molar-refractivity contribution in [3.05, 3.63) is 78.5 Å². The lowest BCUT2D eigenvalue weighted by Crippen LogP contribution is -2.19. The number of hydrogen-bond donors (Lipinski definition) is 3. The third-order valence-electron chi connectivity index (χ3n) is 4.93. The van der Waals surface area contributed by atoms with Crippen molar-refractivity contribution in [3.8, 4) is 29.1 Å². The smallest absolute Gasteiger partial charge is 0.323 e. The van der Waals surface area contributed by atoms with Gasteiger partial charge in [-0.25, -0.2) is 4.79 Å². The molecule has 0 spiro atoms. The molecular weight excluding hydrogens is 448 g/mol. The van der Waals surface area contributed by atoms with Crippen LogP contribution in [0, 0.1) is 11.3 Å². The van der Waals surface area contributed by atoms with Gasteiger partial charge in [-0.3, -0.25) is 4.98 Å². The number of ether oxygens (including phenoxy) is 3. The molecule has 9 heteroatoms. The van der Waals surface area contributed by atoms with Crippen molar-refractivity contribution in [3.63, 3.8) is 0 Å². The Morgan fingerprint density at radius 1 is 0.971 bits per heavy atom. The van der Waals surface area contributed by atoms with E-state index in [1.165, 1.54) is 12.1 Å². The number of anilines is 2. The minimum atomic E-state index is -0.419. The highest BCUT2D eigenvalue weighted by molar-refractivity contribution is 5.99. The van der Waals surface area contributed by atoms with E-state index in [1.54, 1.807) is 67.9 Å². The molecule has 1 heterocycles. The summed E-state index contributed by atoms with van der Waals surface area (Å²) in [6, 6.07) is 19.8. The zero-order valence-corrected chi connectivity index (χ0v) is 18.8. The number of phenols is 1. The maximum absolute atomic E-state index is 12.2. The van der Waals surface area contributed by atoms with Crippen molar-refractivity contribution in [1.29, 1.82) is 5.26 Å². The zero-order chi connectivity index (χ0) is 24.6. The van der Waals surface area contributed by atoms with Crippen molar-refractivity contribution in [2.24, 2.45) is 0 Å². The first-order valence-electron chi connectivity index (χ1n) is 10.7. The lowest BCUT2D eigenvalue weighted by atomic mass is 10.1. The molecule has 176 valence electrons. The molecule has 1 aromatic heterocycles. The number of nitrogens with zero attached hydrogens (tertiary/aromatic N) is 2. The van der Waals surface area contributed by atoms with E-state index in [-0.39, 0.29) is 5.75 Å².